The number of carbonyl (C=O) groups is 1. The van der Waals surface area contributed by atoms with Crippen molar-refractivity contribution in [3.05, 3.63) is 23.5 Å². The molecule has 5 heteroatoms. The quantitative estimate of drug-likeness (QED) is 0.741. The van der Waals surface area contributed by atoms with Crippen LogP contribution in [0.4, 0.5) is 0 Å². The predicted molar refractivity (Wildman–Crippen MR) is 67.5 cm³/mol. The topological polar surface area (TPSA) is 68.4 Å². The van der Waals surface area contributed by atoms with Gasteiger partial charge in [-0.3, -0.25) is 0 Å². The van der Waals surface area contributed by atoms with Crippen LogP contribution in [-0.4, -0.2) is 46.6 Å². The highest BCUT2D eigenvalue weighted by molar-refractivity contribution is 5.88. The Balaban J connectivity index is 1.61. The second kappa shape index (κ2) is 4.74. The summed E-state index contributed by atoms with van der Waals surface area (Å²) in [5.74, 6) is -0.0970. The molecule has 5 nitrogen and oxygen atoms in total. The van der Waals surface area contributed by atoms with Crippen molar-refractivity contribution in [2.24, 2.45) is 5.92 Å². The van der Waals surface area contributed by atoms with Gasteiger partial charge in [0, 0.05) is 31.0 Å². The summed E-state index contributed by atoms with van der Waals surface area (Å²) < 4.78 is 0. The van der Waals surface area contributed by atoms with Gasteiger partial charge in [0.05, 0.1) is 5.56 Å². The zero-order valence-corrected chi connectivity index (χ0v) is 10.4. The van der Waals surface area contributed by atoms with Gasteiger partial charge in [-0.2, -0.15) is 0 Å². The molecule has 1 aromatic heterocycles. The molecule has 0 spiro atoms. The normalized spacial score (nSPS) is 30.6. The number of hydrogen-bond acceptors (Lipinski definition) is 3. The van der Waals surface area contributed by atoms with Gasteiger partial charge in [0.1, 0.15) is 0 Å². The second-order valence-electron chi connectivity index (χ2n) is 5.30. The fourth-order valence-corrected chi connectivity index (χ4v) is 3.18. The third-order valence-corrected chi connectivity index (χ3v) is 4.26. The molecule has 0 aromatic carbocycles. The first-order valence-corrected chi connectivity index (χ1v) is 6.59. The number of nitrogens with zero attached hydrogens (tertiary/aromatic N) is 1. The molecule has 18 heavy (non-hydrogen) atoms. The Morgan fingerprint density at radius 1 is 1.50 bits per heavy atom. The minimum atomic E-state index is -0.859. The highest BCUT2D eigenvalue weighted by Gasteiger charge is 2.33. The number of aromatic carboxylic acids is 1. The van der Waals surface area contributed by atoms with Crippen molar-refractivity contribution in [2.75, 3.05) is 19.6 Å². The van der Waals surface area contributed by atoms with Gasteiger partial charge in [-0.25, -0.2) is 4.79 Å². The molecule has 3 aliphatic rings. The zero-order valence-electron chi connectivity index (χ0n) is 10.4. The lowest BCUT2D eigenvalue weighted by Gasteiger charge is -2.45. The summed E-state index contributed by atoms with van der Waals surface area (Å²) in [4.78, 5) is 16.5. The number of carboxylic acids is 1. The Hall–Kier alpha value is -1.33. The van der Waals surface area contributed by atoms with Gasteiger partial charge in [0.2, 0.25) is 0 Å². The first-order valence-electron chi connectivity index (χ1n) is 6.59. The number of fused-ring (bicyclic) bond motifs is 3. The van der Waals surface area contributed by atoms with Gasteiger partial charge < -0.3 is 20.3 Å². The molecule has 0 aliphatic carbocycles. The lowest BCUT2D eigenvalue weighted by atomic mass is 9.84. The SMILES string of the molecule is O=C(O)c1cc[nH]c1CNC1CN2CCC1CC2. The van der Waals surface area contributed by atoms with Crippen molar-refractivity contribution in [1.82, 2.24) is 15.2 Å². The summed E-state index contributed by atoms with van der Waals surface area (Å²) in [6, 6.07) is 2.13. The van der Waals surface area contributed by atoms with E-state index in [2.05, 4.69) is 15.2 Å². The number of hydrogen-bond donors (Lipinski definition) is 3. The minimum Gasteiger partial charge on any atom is -0.478 e. The van der Waals surface area contributed by atoms with E-state index in [1.807, 2.05) is 0 Å². The fourth-order valence-electron chi connectivity index (χ4n) is 3.18. The molecule has 4 heterocycles. The van der Waals surface area contributed by atoms with Gasteiger partial charge >= 0.3 is 5.97 Å². The standard InChI is InChI=1S/C13H19N3O2/c17-13(18)10-1-4-14-11(10)7-15-12-8-16-5-2-9(12)3-6-16/h1,4,9,12,14-15H,2-3,5-8H2,(H,17,18). The molecule has 3 saturated heterocycles. The van der Waals surface area contributed by atoms with Gasteiger partial charge in [-0.15, -0.1) is 0 Å². The van der Waals surface area contributed by atoms with Crippen LogP contribution in [0, 0.1) is 5.92 Å². The predicted octanol–water partition coefficient (Wildman–Crippen LogP) is 0.897. The lowest BCUT2D eigenvalue weighted by Crippen LogP contribution is -2.55. The van der Waals surface area contributed by atoms with E-state index in [4.69, 9.17) is 5.11 Å². The average Bonchev–Trinajstić information content (AvgIpc) is 2.86. The number of nitrogens with one attached hydrogen (secondary N) is 2. The largest absolute Gasteiger partial charge is 0.478 e. The highest BCUT2D eigenvalue weighted by atomic mass is 16.4. The molecular formula is C13H19N3O2. The number of aromatic amines is 1. The van der Waals surface area contributed by atoms with Gasteiger partial charge in [-0.1, -0.05) is 0 Å². The first-order chi connectivity index (χ1) is 8.74. The summed E-state index contributed by atoms with van der Waals surface area (Å²) in [6.07, 6.45) is 4.24. The van der Waals surface area contributed by atoms with E-state index < -0.39 is 5.97 Å². The Morgan fingerprint density at radius 3 is 2.89 bits per heavy atom. The van der Waals surface area contributed by atoms with Crippen LogP contribution in [0.5, 0.6) is 0 Å². The summed E-state index contributed by atoms with van der Waals surface area (Å²) in [5.41, 5.74) is 1.16. The average molecular weight is 249 g/mol. The summed E-state index contributed by atoms with van der Waals surface area (Å²) in [6.45, 7) is 4.18. The Kier molecular flexibility index (Phi) is 3.09. The van der Waals surface area contributed by atoms with Crippen molar-refractivity contribution in [1.29, 1.82) is 0 Å². The molecule has 3 fully saturated rings. The van der Waals surface area contributed by atoms with Crippen LogP contribution < -0.4 is 5.32 Å². The molecule has 1 unspecified atom stereocenters. The van der Waals surface area contributed by atoms with Crippen molar-refractivity contribution < 1.29 is 9.90 Å². The Labute approximate surface area is 106 Å². The van der Waals surface area contributed by atoms with E-state index >= 15 is 0 Å². The number of piperidine rings is 3. The van der Waals surface area contributed by atoms with Crippen molar-refractivity contribution in [2.45, 2.75) is 25.4 Å². The van der Waals surface area contributed by atoms with Crippen LogP contribution in [0.2, 0.25) is 0 Å². The summed E-state index contributed by atoms with van der Waals surface area (Å²) in [7, 11) is 0. The van der Waals surface area contributed by atoms with Crippen molar-refractivity contribution in [3.8, 4) is 0 Å². The Morgan fingerprint density at radius 2 is 2.28 bits per heavy atom. The monoisotopic (exact) mass is 249 g/mol. The maximum atomic E-state index is 11.0. The lowest BCUT2D eigenvalue weighted by molar-refractivity contribution is 0.0686. The minimum absolute atomic E-state index is 0.378. The second-order valence-corrected chi connectivity index (χ2v) is 5.30. The van der Waals surface area contributed by atoms with E-state index in [1.165, 1.54) is 25.9 Å². The molecule has 0 amide bonds. The molecule has 1 atom stereocenters. The third-order valence-electron chi connectivity index (χ3n) is 4.26. The van der Waals surface area contributed by atoms with Crippen LogP contribution in [0.3, 0.4) is 0 Å². The van der Waals surface area contributed by atoms with E-state index in [1.54, 1.807) is 12.3 Å². The molecule has 2 bridgehead atoms. The summed E-state index contributed by atoms with van der Waals surface area (Å²) in [5, 5.41) is 12.6. The van der Waals surface area contributed by atoms with Crippen LogP contribution in [0.15, 0.2) is 12.3 Å². The number of aromatic nitrogens is 1. The molecule has 0 radical (unpaired) electrons. The highest BCUT2D eigenvalue weighted by Crippen LogP contribution is 2.27. The first kappa shape index (κ1) is 11.7. The van der Waals surface area contributed by atoms with Crippen LogP contribution in [0.25, 0.3) is 0 Å². The third kappa shape index (κ3) is 2.15. The summed E-state index contributed by atoms with van der Waals surface area (Å²) >= 11 is 0. The van der Waals surface area contributed by atoms with Crippen LogP contribution in [0.1, 0.15) is 28.9 Å². The molecule has 4 rings (SSSR count). The molecule has 3 N–H and O–H groups in total. The number of carboxylic acid groups (broad SMARTS) is 1. The zero-order chi connectivity index (χ0) is 12.5. The molecule has 98 valence electrons. The van der Waals surface area contributed by atoms with E-state index in [0.717, 1.165) is 18.2 Å². The molecule has 3 aliphatic heterocycles. The fraction of sp³-hybridized carbons (Fsp3) is 0.615. The van der Waals surface area contributed by atoms with Crippen LogP contribution in [-0.2, 0) is 6.54 Å². The molecule has 1 aromatic rings. The van der Waals surface area contributed by atoms with Crippen LogP contribution >= 0.6 is 0 Å². The van der Waals surface area contributed by atoms with E-state index in [-0.39, 0.29) is 0 Å². The maximum absolute atomic E-state index is 11.0. The molecular weight excluding hydrogens is 230 g/mol. The van der Waals surface area contributed by atoms with Crippen molar-refractivity contribution >= 4 is 5.97 Å². The smallest absolute Gasteiger partial charge is 0.337 e. The van der Waals surface area contributed by atoms with Crippen molar-refractivity contribution in [3.63, 3.8) is 0 Å². The molecule has 0 saturated carbocycles. The van der Waals surface area contributed by atoms with E-state index in [0.29, 0.717) is 18.2 Å². The Bertz CT molecular complexity index is 435. The van der Waals surface area contributed by atoms with Gasteiger partial charge in [0.25, 0.3) is 0 Å². The van der Waals surface area contributed by atoms with Gasteiger partial charge in [0.15, 0.2) is 0 Å². The van der Waals surface area contributed by atoms with E-state index in [9.17, 15) is 4.79 Å². The number of rotatable bonds is 4. The van der Waals surface area contributed by atoms with Gasteiger partial charge in [-0.05, 0) is 37.9 Å². The maximum Gasteiger partial charge on any atom is 0.337 e. The number of H-pyrrole nitrogens is 1.